The van der Waals surface area contributed by atoms with Crippen LogP contribution in [0.5, 0.6) is 0 Å². The highest BCUT2D eigenvalue weighted by molar-refractivity contribution is 5.95. The van der Waals surface area contributed by atoms with Crippen LogP contribution in [0.3, 0.4) is 0 Å². The minimum atomic E-state index is 0.0528. The van der Waals surface area contributed by atoms with Gasteiger partial charge in [0.2, 0.25) is 0 Å². The summed E-state index contributed by atoms with van der Waals surface area (Å²) in [5, 5.41) is 5.79. The third-order valence-corrected chi connectivity index (χ3v) is 6.57. The lowest BCUT2D eigenvalue weighted by atomic mass is 9.97. The first kappa shape index (κ1) is 23.0. The van der Waals surface area contributed by atoms with E-state index in [2.05, 4.69) is 40.4 Å². The number of nitrogens with one attached hydrogen (secondary N) is 1. The summed E-state index contributed by atoms with van der Waals surface area (Å²) in [6.45, 7) is 5.24. The molecule has 6 heteroatoms. The number of carbonyl (C=O) groups is 1. The van der Waals surface area contributed by atoms with Crippen molar-refractivity contribution < 1.29 is 9.53 Å². The van der Waals surface area contributed by atoms with Crippen molar-refractivity contribution in [1.82, 2.24) is 14.9 Å². The molecule has 0 aliphatic carbocycles. The molecule has 5 rings (SSSR count). The molecule has 1 amide bonds. The van der Waals surface area contributed by atoms with E-state index >= 15 is 0 Å². The zero-order chi connectivity index (χ0) is 24.0. The zero-order valence-electron chi connectivity index (χ0n) is 20.0. The van der Waals surface area contributed by atoms with E-state index in [0.29, 0.717) is 38.4 Å². The Morgan fingerprint density at radius 1 is 1.00 bits per heavy atom. The number of nitrogens with zero attached hydrogens (tertiary/aromatic N) is 3. The standard InChI is InChI=1S/C29H30N4O2/c1-21-2-4-26(16-28(21)32-17-22-6-9-30-10-7-22)29(34)33-12-13-35-20-24(19-33)14-23-3-5-27-18-31-11-8-25(27)15-23/h2-11,15-16,18,24,32H,12-14,17,19-20H2,1H3. The predicted molar refractivity (Wildman–Crippen MR) is 138 cm³/mol. The number of anilines is 1. The number of benzene rings is 2. The van der Waals surface area contributed by atoms with E-state index in [0.717, 1.165) is 28.6 Å². The van der Waals surface area contributed by atoms with Crippen LogP contribution in [0.2, 0.25) is 0 Å². The largest absolute Gasteiger partial charge is 0.381 e. The third-order valence-electron chi connectivity index (χ3n) is 6.57. The number of carbonyl (C=O) groups excluding carboxylic acids is 1. The molecule has 35 heavy (non-hydrogen) atoms. The van der Waals surface area contributed by atoms with Gasteiger partial charge in [0, 0.05) is 67.0 Å². The molecule has 1 unspecified atom stereocenters. The maximum absolute atomic E-state index is 13.5. The number of aromatic nitrogens is 2. The second kappa shape index (κ2) is 10.7. The van der Waals surface area contributed by atoms with Crippen molar-refractivity contribution in [1.29, 1.82) is 0 Å². The average Bonchev–Trinajstić information content (AvgIpc) is 3.14. The molecule has 1 aliphatic rings. The SMILES string of the molecule is Cc1ccc(C(=O)N2CCOCC(Cc3ccc4cnccc4c3)C2)cc1NCc1ccncc1. The molecule has 178 valence electrons. The molecule has 4 aromatic rings. The molecule has 2 aromatic carbocycles. The van der Waals surface area contributed by atoms with Gasteiger partial charge in [-0.1, -0.05) is 24.3 Å². The second-order valence-corrected chi connectivity index (χ2v) is 9.19. The van der Waals surface area contributed by atoms with Crippen LogP contribution in [0, 0.1) is 12.8 Å². The fraction of sp³-hybridized carbons (Fsp3) is 0.276. The number of hydrogen-bond acceptors (Lipinski definition) is 5. The monoisotopic (exact) mass is 466 g/mol. The van der Waals surface area contributed by atoms with Crippen LogP contribution in [-0.4, -0.2) is 47.1 Å². The molecule has 2 aromatic heterocycles. The first-order chi connectivity index (χ1) is 17.2. The van der Waals surface area contributed by atoms with E-state index in [1.165, 1.54) is 10.9 Å². The number of aryl methyl sites for hydroxylation is 1. The molecular weight excluding hydrogens is 436 g/mol. The van der Waals surface area contributed by atoms with Crippen molar-refractivity contribution in [3.05, 3.63) is 102 Å². The molecule has 1 aliphatic heterocycles. The Labute approximate surface area is 206 Å². The zero-order valence-corrected chi connectivity index (χ0v) is 20.0. The Balaban J connectivity index is 1.28. The average molecular weight is 467 g/mol. The maximum Gasteiger partial charge on any atom is 0.254 e. The highest BCUT2D eigenvalue weighted by Gasteiger charge is 2.24. The lowest BCUT2D eigenvalue weighted by molar-refractivity contribution is 0.0737. The van der Waals surface area contributed by atoms with Gasteiger partial charge in [0.25, 0.3) is 5.91 Å². The molecule has 1 N–H and O–H groups in total. The van der Waals surface area contributed by atoms with Crippen LogP contribution in [-0.2, 0) is 17.7 Å². The molecule has 0 spiro atoms. The molecular formula is C29H30N4O2. The van der Waals surface area contributed by atoms with Crippen molar-refractivity contribution in [3.63, 3.8) is 0 Å². The van der Waals surface area contributed by atoms with E-state index < -0.39 is 0 Å². The number of rotatable bonds is 6. The van der Waals surface area contributed by atoms with Crippen LogP contribution in [0.4, 0.5) is 5.69 Å². The molecule has 0 saturated carbocycles. The van der Waals surface area contributed by atoms with E-state index in [1.807, 2.05) is 53.7 Å². The first-order valence-electron chi connectivity index (χ1n) is 12.1. The van der Waals surface area contributed by atoms with Gasteiger partial charge < -0.3 is 15.0 Å². The Morgan fingerprint density at radius 3 is 2.74 bits per heavy atom. The van der Waals surface area contributed by atoms with Gasteiger partial charge >= 0.3 is 0 Å². The molecule has 6 nitrogen and oxygen atoms in total. The van der Waals surface area contributed by atoms with Gasteiger partial charge in [-0.2, -0.15) is 0 Å². The van der Waals surface area contributed by atoms with E-state index in [4.69, 9.17) is 4.74 Å². The van der Waals surface area contributed by atoms with Gasteiger partial charge in [-0.3, -0.25) is 14.8 Å². The first-order valence-corrected chi connectivity index (χ1v) is 12.1. The van der Waals surface area contributed by atoms with Gasteiger partial charge in [-0.15, -0.1) is 0 Å². The lowest BCUT2D eigenvalue weighted by Gasteiger charge is -2.24. The maximum atomic E-state index is 13.5. The normalized spacial score (nSPS) is 16.1. The quantitative estimate of drug-likeness (QED) is 0.439. The Hall–Kier alpha value is -3.77. The summed E-state index contributed by atoms with van der Waals surface area (Å²) >= 11 is 0. The van der Waals surface area contributed by atoms with Crippen LogP contribution in [0.15, 0.2) is 79.4 Å². The van der Waals surface area contributed by atoms with Gasteiger partial charge in [0.1, 0.15) is 0 Å². The van der Waals surface area contributed by atoms with Gasteiger partial charge in [-0.25, -0.2) is 0 Å². The third kappa shape index (κ3) is 5.66. The summed E-state index contributed by atoms with van der Waals surface area (Å²) in [7, 11) is 0. The summed E-state index contributed by atoms with van der Waals surface area (Å²) in [6, 6.07) is 18.4. The van der Waals surface area contributed by atoms with E-state index in [-0.39, 0.29) is 11.8 Å². The van der Waals surface area contributed by atoms with Crippen molar-refractivity contribution >= 4 is 22.4 Å². The molecule has 1 saturated heterocycles. The fourth-order valence-electron chi connectivity index (χ4n) is 4.61. The molecule has 1 fully saturated rings. The summed E-state index contributed by atoms with van der Waals surface area (Å²) in [5.74, 6) is 0.299. The number of fused-ring (bicyclic) bond motifs is 1. The summed E-state index contributed by atoms with van der Waals surface area (Å²) < 4.78 is 5.89. The Morgan fingerprint density at radius 2 is 1.86 bits per heavy atom. The van der Waals surface area contributed by atoms with Crippen molar-refractivity contribution in [3.8, 4) is 0 Å². The lowest BCUT2D eigenvalue weighted by Crippen LogP contribution is -2.36. The van der Waals surface area contributed by atoms with Crippen molar-refractivity contribution in [2.75, 3.05) is 31.6 Å². The van der Waals surface area contributed by atoms with Gasteiger partial charge in [0.15, 0.2) is 0 Å². The molecule has 1 atom stereocenters. The van der Waals surface area contributed by atoms with Gasteiger partial charge in [0.05, 0.1) is 13.2 Å². The highest BCUT2D eigenvalue weighted by atomic mass is 16.5. The summed E-state index contributed by atoms with van der Waals surface area (Å²) in [4.78, 5) is 23.7. The minimum Gasteiger partial charge on any atom is -0.381 e. The van der Waals surface area contributed by atoms with Crippen molar-refractivity contribution in [2.24, 2.45) is 5.92 Å². The second-order valence-electron chi connectivity index (χ2n) is 9.19. The number of ether oxygens (including phenoxy) is 1. The predicted octanol–water partition coefficient (Wildman–Crippen LogP) is 4.88. The highest BCUT2D eigenvalue weighted by Crippen LogP contribution is 2.22. The molecule has 3 heterocycles. The Kier molecular flexibility index (Phi) is 7.00. The summed E-state index contributed by atoms with van der Waals surface area (Å²) in [5.41, 5.74) is 5.19. The van der Waals surface area contributed by atoms with E-state index in [9.17, 15) is 4.79 Å². The van der Waals surface area contributed by atoms with Crippen molar-refractivity contribution in [2.45, 2.75) is 19.9 Å². The minimum absolute atomic E-state index is 0.0528. The number of amides is 1. The molecule has 0 radical (unpaired) electrons. The van der Waals surface area contributed by atoms with Gasteiger partial charge in [-0.05, 0) is 65.8 Å². The van der Waals surface area contributed by atoms with Crippen LogP contribution < -0.4 is 5.32 Å². The Bertz CT molecular complexity index is 1310. The smallest absolute Gasteiger partial charge is 0.254 e. The topological polar surface area (TPSA) is 67.4 Å². The van der Waals surface area contributed by atoms with Crippen LogP contribution in [0.25, 0.3) is 10.8 Å². The summed E-state index contributed by atoms with van der Waals surface area (Å²) in [6.07, 6.45) is 8.15. The number of pyridine rings is 2. The van der Waals surface area contributed by atoms with E-state index in [1.54, 1.807) is 12.4 Å². The fourth-order valence-corrected chi connectivity index (χ4v) is 4.61. The number of hydrogen-bond donors (Lipinski definition) is 1. The van der Waals surface area contributed by atoms with Crippen LogP contribution >= 0.6 is 0 Å². The molecule has 0 bridgehead atoms. The van der Waals surface area contributed by atoms with Crippen LogP contribution in [0.1, 0.15) is 27.0 Å².